The number of anilines is 1. The third kappa shape index (κ3) is 1.71. The highest BCUT2D eigenvalue weighted by Gasteiger charge is 2.24. The number of nitrogens with two attached hydrogens (primary N) is 1. The van der Waals surface area contributed by atoms with Crippen LogP contribution in [0.15, 0.2) is 24.4 Å². The maximum Gasteiger partial charge on any atom is 0.0528 e. The van der Waals surface area contributed by atoms with Gasteiger partial charge in [0.15, 0.2) is 0 Å². The van der Waals surface area contributed by atoms with Crippen LogP contribution in [0.5, 0.6) is 0 Å². The molecule has 0 saturated heterocycles. The Balaban J connectivity index is 2.06. The van der Waals surface area contributed by atoms with Gasteiger partial charge in [0, 0.05) is 22.9 Å². The molecule has 0 bridgehead atoms. The second-order valence-electron chi connectivity index (χ2n) is 4.86. The van der Waals surface area contributed by atoms with Crippen molar-refractivity contribution in [1.29, 1.82) is 0 Å². The number of fused-ring (bicyclic) bond motifs is 1. The van der Waals surface area contributed by atoms with Crippen LogP contribution in [0, 0.1) is 6.92 Å². The molecule has 3 rings (SSSR count). The average molecular weight is 227 g/mol. The maximum absolute atomic E-state index is 5.81. The zero-order chi connectivity index (χ0) is 11.8. The quantitative estimate of drug-likeness (QED) is 0.736. The Hall–Kier alpha value is -1.77. The first-order valence-corrected chi connectivity index (χ1v) is 6.14. The van der Waals surface area contributed by atoms with Gasteiger partial charge in [0.05, 0.1) is 6.20 Å². The third-order valence-corrected chi connectivity index (χ3v) is 3.72. The van der Waals surface area contributed by atoms with E-state index >= 15 is 0 Å². The van der Waals surface area contributed by atoms with Crippen LogP contribution < -0.4 is 5.73 Å². The Labute approximate surface area is 101 Å². The number of aromatic nitrogens is 2. The zero-order valence-corrected chi connectivity index (χ0v) is 10.0. The summed E-state index contributed by atoms with van der Waals surface area (Å²) in [6.45, 7) is 2.14. The van der Waals surface area contributed by atoms with Gasteiger partial charge in [-0.3, -0.25) is 5.10 Å². The molecule has 2 aromatic rings. The van der Waals surface area contributed by atoms with Gasteiger partial charge in [-0.25, -0.2) is 0 Å². The molecule has 1 aromatic carbocycles. The lowest BCUT2D eigenvalue weighted by molar-refractivity contribution is 0.608. The summed E-state index contributed by atoms with van der Waals surface area (Å²) in [5, 5.41) is 7.29. The van der Waals surface area contributed by atoms with E-state index in [4.69, 9.17) is 5.73 Å². The lowest BCUT2D eigenvalue weighted by atomic mass is 9.80. The number of nitrogen functional groups attached to an aromatic ring is 1. The van der Waals surface area contributed by atoms with Gasteiger partial charge in [0.25, 0.3) is 0 Å². The number of hydrogen-bond donors (Lipinski definition) is 2. The van der Waals surface area contributed by atoms with Crippen LogP contribution in [-0.4, -0.2) is 10.2 Å². The molecular formula is C14H17N3. The van der Waals surface area contributed by atoms with Gasteiger partial charge in [0.1, 0.15) is 0 Å². The highest BCUT2D eigenvalue weighted by Crippen LogP contribution is 2.37. The predicted octanol–water partition coefficient (Wildman–Crippen LogP) is 2.77. The molecule has 3 N–H and O–H groups in total. The van der Waals surface area contributed by atoms with Gasteiger partial charge in [0.2, 0.25) is 0 Å². The van der Waals surface area contributed by atoms with E-state index < -0.39 is 0 Å². The van der Waals surface area contributed by atoms with Gasteiger partial charge in [-0.1, -0.05) is 6.07 Å². The molecule has 3 heteroatoms. The molecule has 1 aliphatic carbocycles. The fourth-order valence-corrected chi connectivity index (χ4v) is 2.87. The Morgan fingerprint density at radius 1 is 1.35 bits per heavy atom. The monoisotopic (exact) mass is 227 g/mol. The molecule has 0 spiro atoms. The number of hydrogen-bond acceptors (Lipinski definition) is 2. The summed E-state index contributed by atoms with van der Waals surface area (Å²) in [7, 11) is 0. The first-order chi connectivity index (χ1) is 8.25. The molecule has 1 heterocycles. The minimum Gasteiger partial charge on any atom is -0.399 e. The molecule has 1 aromatic heterocycles. The van der Waals surface area contributed by atoms with E-state index in [1.54, 1.807) is 0 Å². The molecule has 1 aliphatic rings. The number of aromatic amines is 1. The van der Waals surface area contributed by atoms with Crippen molar-refractivity contribution in [2.24, 2.45) is 0 Å². The van der Waals surface area contributed by atoms with Crippen molar-refractivity contribution in [2.75, 3.05) is 5.73 Å². The number of H-pyrrole nitrogens is 1. The van der Waals surface area contributed by atoms with Crippen LogP contribution in [0.1, 0.15) is 41.1 Å². The second kappa shape index (κ2) is 3.91. The summed E-state index contributed by atoms with van der Waals surface area (Å²) in [5.41, 5.74) is 12.0. The maximum atomic E-state index is 5.81. The molecule has 0 amide bonds. The summed E-state index contributed by atoms with van der Waals surface area (Å²) in [6, 6.07) is 6.22. The summed E-state index contributed by atoms with van der Waals surface area (Å²) in [4.78, 5) is 0. The van der Waals surface area contributed by atoms with Crippen molar-refractivity contribution in [3.05, 3.63) is 46.8 Å². The van der Waals surface area contributed by atoms with E-state index in [-0.39, 0.29) is 0 Å². The fraction of sp³-hybridized carbons (Fsp3) is 0.357. The largest absolute Gasteiger partial charge is 0.399 e. The molecule has 88 valence electrons. The Morgan fingerprint density at radius 2 is 2.24 bits per heavy atom. The van der Waals surface area contributed by atoms with Gasteiger partial charge >= 0.3 is 0 Å². The van der Waals surface area contributed by atoms with Crippen molar-refractivity contribution < 1.29 is 0 Å². The third-order valence-electron chi connectivity index (χ3n) is 3.72. The normalized spacial score (nSPS) is 19.0. The first-order valence-electron chi connectivity index (χ1n) is 6.14. The van der Waals surface area contributed by atoms with E-state index in [0.29, 0.717) is 5.92 Å². The SMILES string of the molecule is Cc1cc(N)ccc1C1CCCc2[nH]ncc21. The summed E-state index contributed by atoms with van der Waals surface area (Å²) in [5.74, 6) is 0.484. The van der Waals surface area contributed by atoms with Crippen molar-refractivity contribution in [2.45, 2.75) is 32.1 Å². The average Bonchev–Trinajstić information content (AvgIpc) is 2.77. The van der Waals surface area contributed by atoms with Gasteiger partial charge in [-0.2, -0.15) is 5.10 Å². The highest BCUT2D eigenvalue weighted by atomic mass is 15.1. The van der Waals surface area contributed by atoms with Crippen molar-refractivity contribution in [3.63, 3.8) is 0 Å². The molecule has 0 aliphatic heterocycles. The van der Waals surface area contributed by atoms with Gasteiger partial charge in [-0.05, 0) is 49.4 Å². The highest BCUT2D eigenvalue weighted by molar-refractivity contribution is 5.48. The molecular weight excluding hydrogens is 210 g/mol. The Bertz CT molecular complexity index is 542. The smallest absolute Gasteiger partial charge is 0.0528 e. The van der Waals surface area contributed by atoms with E-state index in [1.165, 1.54) is 35.2 Å². The topological polar surface area (TPSA) is 54.7 Å². The lowest BCUT2D eigenvalue weighted by Gasteiger charge is -2.24. The molecule has 1 atom stereocenters. The minimum atomic E-state index is 0.484. The van der Waals surface area contributed by atoms with Crippen molar-refractivity contribution in [3.8, 4) is 0 Å². The number of nitrogens with zero attached hydrogens (tertiary/aromatic N) is 1. The van der Waals surface area contributed by atoms with Crippen molar-refractivity contribution >= 4 is 5.69 Å². The van der Waals surface area contributed by atoms with Crippen LogP contribution >= 0.6 is 0 Å². The van der Waals surface area contributed by atoms with Crippen LogP contribution in [-0.2, 0) is 6.42 Å². The fourth-order valence-electron chi connectivity index (χ4n) is 2.87. The van der Waals surface area contributed by atoms with E-state index in [1.807, 2.05) is 12.3 Å². The zero-order valence-electron chi connectivity index (χ0n) is 10.0. The molecule has 1 unspecified atom stereocenters. The Kier molecular flexibility index (Phi) is 2.39. The van der Waals surface area contributed by atoms with Crippen LogP contribution in [0.25, 0.3) is 0 Å². The van der Waals surface area contributed by atoms with Crippen LogP contribution in [0.2, 0.25) is 0 Å². The van der Waals surface area contributed by atoms with Crippen LogP contribution in [0.3, 0.4) is 0 Å². The van der Waals surface area contributed by atoms with Gasteiger partial charge in [-0.15, -0.1) is 0 Å². The van der Waals surface area contributed by atoms with Gasteiger partial charge < -0.3 is 5.73 Å². The van der Waals surface area contributed by atoms with E-state index in [2.05, 4.69) is 29.3 Å². The molecule has 0 radical (unpaired) electrons. The minimum absolute atomic E-state index is 0.484. The summed E-state index contributed by atoms with van der Waals surface area (Å²) in [6.07, 6.45) is 5.54. The number of benzene rings is 1. The number of aryl methyl sites for hydroxylation is 2. The predicted molar refractivity (Wildman–Crippen MR) is 69.0 cm³/mol. The van der Waals surface area contributed by atoms with E-state index in [0.717, 1.165) is 12.1 Å². The molecule has 3 nitrogen and oxygen atoms in total. The Morgan fingerprint density at radius 3 is 3.06 bits per heavy atom. The number of rotatable bonds is 1. The second-order valence-corrected chi connectivity index (χ2v) is 4.86. The standard InChI is InChI=1S/C14H17N3/c1-9-7-10(15)5-6-11(9)12-3-2-4-14-13(12)8-16-17-14/h5-8,12H,2-4,15H2,1H3,(H,16,17). The molecule has 0 fully saturated rings. The first kappa shape index (κ1) is 10.4. The number of nitrogens with one attached hydrogen (secondary N) is 1. The summed E-state index contributed by atoms with van der Waals surface area (Å²) < 4.78 is 0. The van der Waals surface area contributed by atoms with Crippen LogP contribution in [0.4, 0.5) is 5.69 Å². The lowest BCUT2D eigenvalue weighted by Crippen LogP contribution is -2.11. The van der Waals surface area contributed by atoms with E-state index in [9.17, 15) is 0 Å². The van der Waals surface area contributed by atoms with Crippen molar-refractivity contribution in [1.82, 2.24) is 10.2 Å². The molecule has 0 saturated carbocycles. The summed E-state index contributed by atoms with van der Waals surface area (Å²) >= 11 is 0. The molecule has 17 heavy (non-hydrogen) atoms.